The number of benzene rings is 2. The first-order chi connectivity index (χ1) is 8.20. The van der Waals surface area contributed by atoms with Gasteiger partial charge in [0.05, 0.1) is 5.92 Å². The summed E-state index contributed by atoms with van der Waals surface area (Å²) in [6.07, 6.45) is 1.02. The topological polar surface area (TPSA) is 17.1 Å². The summed E-state index contributed by atoms with van der Waals surface area (Å²) in [6.45, 7) is 0. The molecule has 0 spiro atoms. The number of hydrogen-bond donors (Lipinski definition) is 0. The maximum absolute atomic E-state index is 11.3. The van der Waals surface area contributed by atoms with Crippen molar-refractivity contribution in [2.75, 3.05) is 0 Å². The van der Waals surface area contributed by atoms with Crippen LogP contribution in [0.1, 0.15) is 17.0 Å². The summed E-state index contributed by atoms with van der Waals surface area (Å²) >= 11 is 6.95. The van der Waals surface area contributed by atoms with E-state index in [1.807, 2.05) is 24.3 Å². The van der Waals surface area contributed by atoms with E-state index in [0.717, 1.165) is 37.5 Å². The lowest BCUT2D eigenvalue weighted by Gasteiger charge is -2.04. The van der Waals surface area contributed by atoms with E-state index in [1.165, 1.54) is 0 Å². The first-order valence-corrected chi connectivity index (χ1v) is 6.84. The van der Waals surface area contributed by atoms with E-state index in [0.29, 0.717) is 0 Å². The maximum atomic E-state index is 11.3. The van der Waals surface area contributed by atoms with Gasteiger partial charge in [-0.1, -0.05) is 44.0 Å². The van der Waals surface area contributed by atoms with Gasteiger partial charge in [0.1, 0.15) is 6.29 Å². The van der Waals surface area contributed by atoms with Crippen LogP contribution in [0.3, 0.4) is 0 Å². The second kappa shape index (κ2) is 4.07. The fourth-order valence-corrected chi connectivity index (χ4v) is 3.10. The Morgan fingerprint density at radius 1 is 0.882 bits per heavy atom. The Morgan fingerprint density at radius 2 is 1.35 bits per heavy atom. The molecule has 2 aromatic rings. The van der Waals surface area contributed by atoms with Gasteiger partial charge in [-0.15, -0.1) is 0 Å². The highest BCUT2D eigenvalue weighted by Gasteiger charge is 2.28. The molecule has 1 nitrogen and oxygen atoms in total. The predicted octanol–water partition coefficient (Wildman–Crippen LogP) is 4.52. The molecule has 0 unspecified atom stereocenters. The van der Waals surface area contributed by atoms with Crippen molar-refractivity contribution in [2.24, 2.45) is 0 Å². The summed E-state index contributed by atoms with van der Waals surface area (Å²) in [5.41, 5.74) is 4.48. The molecule has 0 N–H and O–H groups in total. The Kier molecular flexibility index (Phi) is 2.68. The van der Waals surface area contributed by atoms with Gasteiger partial charge in [-0.3, -0.25) is 0 Å². The molecule has 1 aliphatic rings. The lowest BCUT2D eigenvalue weighted by Crippen LogP contribution is -1.96. The number of halogens is 2. The molecule has 0 radical (unpaired) electrons. The van der Waals surface area contributed by atoms with Gasteiger partial charge in [0, 0.05) is 8.95 Å². The molecule has 0 saturated carbocycles. The largest absolute Gasteiger partial charge is 0.302 e. The minimum absolute atomic E-state index is 0.124. The van der Waals surface area contributed by atoms with Crippen LogP contribution in [0.15, 0.2) is 45.3 Å². The molecule has 0 fully saturated rings. The van der Waals surface area contributed by atoms with Crippen LogP contribution < -0.4 is 0 Å². The van der Waals surface area contributed by atoms with Gasteiger partial charge in [0.25, 0.3) is 0 Å². The molecule has 0 bridgehead atoms. The Hall–Kier alpha value is -0.930. The van der Waals surface area contributed by atoms with Gasteiger partial charge >= 0.3 is 0 Å². The van der Waals surface area contributed by atoms with Crippen molar-refractivity contribution in [3.8, 4) is 11.1 Å². The molecule has 0 saturated heterocycles. The van der Waals surface area contributed by atoms with Gasteiger partial charge < -0.3 is 4.79 Å². The highest BCUT2D eigenvalue weighted by molar-refractivity contribution is 9.10. The smallest absolute Gasteiger partial charge is 0.131 e. The normalized spacial score (nSPS) is 13.3. The summed E-state index contributed by atoms with van der Waals surface area (Å²) in [4.78, 5) is 11.3. The van der Waals surface area contributed by atoms with Crippen molar-refractivity contribution >= 4 is 38.1 Å². The van der Waals surface area contributed by atoms with Crippen LogP contribution in [-0.2, 0) is 4.79 Å². The monoisotopic (exact) mass is 350 g/mol. The molecule has 1 aliphatic carbocycles. The van der Waals surface area contributed by atoms with Crippen molar-refractivity contribution in [1.29, 1.82) is 0 Å². The van der Waals surface area contributed by atoms with E-state index in [4.69, 9.17) is 0 Å². The van der Waals surface area contributed by atoms with E-state index in [1.54, 1.807) is 0 Å². The third-order valence-corrected chi connectivity index (χ3v) is 4.11. The van der Waals surface area contributed by atoms with E-state index in [-0.39, 0.29) is 5.92 Å². The highest BCUT2D eigenvalue weighted by atomic mass is 79.9. The first kappa shape index (κ1) is 11.2. The van der Waals surface area contributed by atoms with Crippen LogP contribution in [0.25, 0.3) is 11.1 Å². The Morgan fingerprint density at radius 3 is 1.76 bits per heavy atom. The van der Waals surface area contributed by atoms with Crippen LogP contribution in [0.2, 0.25) is 0 Å². The average molecular weight is 352 g/mol. The van der Waals surface area contributed by atoms with Gasteiger partial charge in [-0.05, 0) is 46.5 Å². The predicted molar refractivity (Wildman–Crippen MR) is 75.2 cm³/mol. The van der Waals surface area contributed by atoms with Crippen LogP contribution >= 0.6 is 31.9 Å². The van der Waals surface area contributed by atoms with Gasteiger partial charge in [0.15, 0.2) is 0 Å². The third kappa shape index (κ3) is 1.69. The summed E-state index contributed by atoms with van der Waals surface area (Å²) < 4.78 is 2.07. The van der Waals surface area contributed by atoms with Crippen LogP contribution in [-0.4, -0.2) is 6.29 Å². The minimum Gasteiger partial charge on any atom is -0.302 e. The molecule has 0 heterocycles. The molecule has 0 amide bonds. The molecular formula is C14H8Br2O. The first-order valence-electron chi connectivity index (χ1n) is 5.25. The van der Waals surface area contributed by atoms with E-state index >= 15 is 0 Å². The summed E-state index contributed by atoms with van der Waals surface area (Å²) in [6, 6.07) is 12.2. The zero-order chi connectivity index (χ0) is 12.0. The number of carbonyl (C=O) groups excluding carboxylic acids is 1. The lowest BCUT2D eigenvalue weighted by molar-refractivity contribution is -0.108. The molecular weight excluding hydrogens is 344 g/mol. The van der Waals surface area contributed by atoms with Crippen molar-refractivity contribution in [2.45, 2.75) is 5.92 Å². The van der Waals surface area contributed by atoms with Crippen molar-refractivity contribution < 1.29 is 4.79 Å². The van der Waals surface area contributed by atoms with Crippen LogP contribution in [0.4, 0.5) is 0 Å². The molecule has 84 valence electrons. The zero-order valence-corrected chi connectivity index (χ0v) is 12.0. The van der Waals surface area contributed by atoms with Gasteiger partial charge in [-0.25, -0.2) is 0 Å². The Balaban J connectivity index is 2.34. The highest BCUT2D eigenvalue weighted by Crippen LogP contribution is 2.45. The van der Waals surface area contributed by atoms with Crippen molar-refractivity contribution in [3.63, 3.8) is 0 Å². The van der Waals surface area contributed by atoms with Crippen molar-refractivity contribution in [3.05, 3.63) is 56.5 Å². The molecule has 0 aliphatic heterocycles. The Labute approximate surface area is 116 Å². The van der Waals surface area contributed by atoms with E-state index < -0.39 is 0 Å². The Bertz CT molecular complexity index is 568. The molecule has 0 aromatic heterocycles. The summed E-state index contributed by atoms with van der Waals surface area (Å²) in [5.74, 6) is -0.124. The van der Waals surface area contributed by atoms with E-state index in [2.05, 4.69) is 44.0 Å². The van der Waals surface area contributed by atoms with Gasteiger partial charge in [-0.2, -0.15) is 0 Å². The second-order valence-electron chi connectivity index (χ2n) is 4.08. The van der Waals surface area contributed by atoms with E-state index in [9.17, 15) is 4.79 Å². The number of fused-ring (bicyclic) bond motifs is 3. The lowest BCUT2D eigenvalue weighted by atomic mass is 9.99. The zero-order valence-electron chi connectivity index (χ0n) is 8.78. The SMILES string of the molecule is O=CC1c2ccc(Br)cc2-c2cc(Br)ccc21. The van der Waals surface area contributed by atoms with Crippen LogP contribution in [0, 0.1) is 0 Å². The second-order valence-corrected chi connectivity index (χ2v) is 5.91. The standard InChI is InChI=1S/C14H8Br2O/c15-8-1-3-10-12(5-8)13-6-9(16)2-4-11(13)14(10)7-17/h1-7,14H. The summed E-state index contributed by atoms with van der Waals surface area (Å²) in [7, 11) is 0. The number of rotatable bonds is 1. The average Bonchev–Trinajstić information content (AvgIpc) is 2.62. The van der Waals surface area contributed by atoms with Crippen molar-refractivity contribution in [1.82, 2.24) is 0 Å². The minimum atomic E-state index is -0.124. The fourth-order valence-electron chi connectivity index (χ4n) is 2.38. The fraction of sp³-hybridized carbons (Fsp3) is 0.0714. The number of carbonyl (C=O) groups is 1. The van der Waals surface area contributed by atoms with Gasteiger partial charge in [0.2, 0.25) is 0 Å². The third-order valence-electron chi connectivity index (χ3n) is 3.13. The number of hydrogen-bond acceptors (Lipinski definition) is 1. The quantitative estimate of drug-likeness (QED) is 0.690. The molecule has 3 heteroatoms. The number of aldehydes is 1. The molecule has 3 rings (SSSR count). The maximum Gasteiger partial charge on any atom is 0.131 e. The summed E-state index contributed by atoms with van der Waals surface area (Å²) in [5, 5.41) is 0. The van der Waals surface area contributed by atoms with Crippen LogP contribution in [0.5, 0.6) is 0 Å². The molecule has 17 heavy (non-hydrogen) atoms. The molecule has 0 atom stereocenters. The molecule has 2 aromatic carbocycles.